The third-order valence-corrected chi connectivity index (χ3v) is 5.17. The van der Waals surface area contributed by atoms with Gasteiger partial charge in [-0.05, 0) is 66.6 Å². The van der Waals surface area contributed by atoms with Crippen LogP contribution in [0.25, 0.3) is 0 Å². The number of aryl methyl sites for hydroxylation is 2. The van der Waals surface area contributed by atoms with E-state index >= 15 is 0 Å². The van der Waals surface area contributed by atoms with Crippen molar-refractivity contribution >= 4 is 29.0 Å². The first-order valence-electron chi connectivity index (χ1n) is 9.31. The Hall–Kier alpha value is -1.95. The number of likely N-dealkylation sites (N-methyl/N-ethyl adjacent to an activating group) is 1. The molecule has 0 aliphatic heterocycles. The smallest absolute Gasteiger partial charge is 0.326 e. The monoisotopic (exact) mass is 393 g/mol. The number of carbonyl (C=O) groups is 2. The van der Waals surface area contributed by atoms with Crippen LogP contribution in [0.5, 0.6) is 5.75 Å². The van der Waals surface area contributed by atoms with Gasteiger partial charge in [-0.15, -0.1) is 0 Å². The van der Waals surface area contributed by atoms with E-state index in [1.807, 2.05) is 12.1 Å². The second kappa shape index (κ2) is 11.0. The van der Waals surface area contributed by atoms with Crippen molar-refractivity contribution in [2.45, 2.75) is 58.9 Å². The molecule has 0 bridgehead atoms. The summed E-state index contributed by atoms with van der Waals surface area (Å²) in [5.41, 5.74) is 2.43. The van der Waals surface area contributed by atoms with Gasteiger partial charge in [0.2, 0.25) is 5.91 Å². The lowest BCUT2D eigenvalue weighted by molar-refractivity contribution is -0.151. The Morgan fingerprint density at radius 3 is 2.41 bits per heavy atom. The average molecular weight is 394 g/mol. The Morgan fingerprint density at radius 1 is 1.22 bits per heavy atom. The van der Waals surface area contributed by atoms with E-state index in [-0.39, 0.29) is 11.8 Å². The molecule has 0 saturated carbocycles. The van der Waals surface area contributed by atoms with Crippen molar-refractivity contribution in [3.8, 4) is 5.75 Å². The van der Waals surface area contributed by atoms with E-state index < -0.39 is 12.0 Å². The van der Waals surface area contributed by atoms with Crippen molar-refractivity contribution in [1.29, 1.82) is 0 Å². The number of thiocarbonyl (C=S) groups is 1. The highest BCUT2D eigenvalue weighted by Gasteiger charge is 2.28. The number of methoxy groups -OCH3 is 1. The van der Waals surface area contributed by atoms with Crippen molar-refractivity contribution in [2.75, 3.05) is 14.2 Å². The second-order valence-electron chi connectivity index (χ2n) is 7.22. The largest absolute Gasteiger partial charge is 0.497 e. The maximum atomic E-state index is 12.3. The predicted octanol–water partition coefficient (Wildman–Crippen LogP) is 4.04. The molecule has 1 atom stereocenters. The fourth-order valence-electron chi connectivity index (χ4n) is 3.14. The van der Waals surface area contributed by atoms with E-state index in [0.717, 1.165) is 23.5 Å². The molecule has 0 saturated heterocycles. The number of benzene rings is 1. The number of ether oxygens (including phenoxy) is 1. The van der Waals surface area contributed by atoms with E-state index in [2.05, 4.69) is 13.0 Å². The van der Waals surface area contributed by atoms with Crippen molar-refractivity contribution in [3.05, 3.63) is 29.3 Å². The highest BCUT2D eigenvalue weighted by molar-refractivity contribution is 7.80. The lowest BCUT2D eigenvalue weighted by Crippen LogP contribution is -2.45. The summed E-state index contributed by atoms with van der Waals surface area (Å²) < 4.78 is 5.22. The third-order valence-electron chi connectivity index (χ3n) is 4.76. The van der Waals surface area contributed by atoms with Gasteiger partial charge in [0.1, 0.15) is 11.8 Å². The number of rotatable bonds is 11. The minimum atomic E-state index is -0.966. The molecule has 1 amide bonds. The standard InChI is InChI=1S/C21H31NO4S/c1-14(2)20(21(24)25)22(4)19(23)8-6-7-18(27)12-10-16-9-11-17(26-5)13-15(16)3/h9,11,13-14,20H,6-8,10,12H2,1-5H3,(H,24,25)/t20-/m0/s1. The van der Waals surface area contributed by atoms with Crippen LogP contribution in [0.4, 0.5) is 0 Å². The quantitative estimate of drug-likeness (QED) is 0.575. The number of nitrogens with zero attached hydrogens (tertiary/aromatic N) is 1. The van der Waals surface area contributed by atoms with Crippen LogP contribution in [-0.2, 0) is 16.0 Å². The maximum absolute atomic E-state index is 12.3. The number of hydrogen-bond donors (Lipinski definition) is 1. The Morgan fingerprint density at radius 2 is 1.89 bits per heavy atom. The van der Waals surface area contributed by atoms with E-state index in [9.17, 15) is 14.7 Å². The van der Waals surface area contributed by atoms with Gasteiger partial charge < -0.3 is 14.7 Å². The second-order valence-corrected chi connectivity index (χ2v) is 7.79. The van der Waals surface area contributed by atoms with Gasteiger partial charge in [0.05, 0.1) is 7.11 Å². The van der Waals surface area contributed by atoms with Gasteiger partial charge in [-0.3, -0.25) is 4.79 Å². The normalized spacial score (nSPS) is 11.9. The summed E-state index contributed by atoms with van der Waals surface area (Å²) in [6.45, 7) is 5.67. The minimum Gasteiger partial charge on any atom is -0.497 e. The van der Waals surface area contributed by atoms with Crippen LogP contribution in [0, 0.1) is 12.8 Å². The summed E-state index contributed by atoms with van der Waals surface area (Å²) in [6.07, 6.45) is 3.33. The van der Waals surface area contributed by atoms with Crippen LogP contribution >= 0.6 is 12.2 Å². The van der Waals surface area contributed by atoms with Gasteiger partial charge >= 0.3 is 5.97 Å². The zero-order chi connectivity index (χ0) is 20.6. The minimum absolute atomic E-state index is 0.134. The molecule has 0 fully saturated rings. The number of carboxylic acid groups (broad SMARTS) is 1. The van der Waals surface area contributed by atoms with E-state index in [1.165, 1.54) is 16.0 Å². The van der Waals surface area contributed by atoms with Crippen molar-refractivity contribution in [2.24, 2.45) is 5.92 Å². The fourth-order valence-corrected chi connectivity index (χ4v) is 3.39. The maximum Gasteiger partial charge on any atom is 0.326 e. The average Bonchev–Trinajstić information content (AvgIpc) is 2.59. The van der Waals surface area contributed by atoms with Gasteiger partial charge in [0, 0.05) is 13.5 Å². The molecule has 6 heteroatoms. The number of carboxylic acids is 1. The number of carbonyl (C=O) groups excluding carboxylic acids is 1. The molecule has 150 valence electrons. The summed E-state index contributed by atoms with van der Waals surface area (Å²) in [5.74, 6) is -0.399. The molecular formula is C21H31NO4S. The first kappa shape index (κ1) is 23.1. The van der Waals surface area contributed by atoms with Crippen molar-refractivity contribution < 1.29 is 19.4 Å². The molecule has 1 aromatic carbocycles. The number of hydrogen-bond acceptors (Lipinski definition) is 4. The molecule has 5 nitrogen and oxygen atoms in total. The molecule has 0 radical (unpaired) electrons. The van der Waals surface area contributed by atoms with E-state index in [4.69, 9.17) is 17.0 Å². The van der Waals surface area contributed by atoms with Crippen LogP contribution in [0.2, 0.25) is 0 Å². The summed E-state index contributed by atoms with van der Waals surface area (Å²) in [5, 5.41) is 9.29. The summed E-state index contributed by atoms with van der Waals surface area (Å²) in [7, 11) is 3.22. The van der Waals surface area contributed by atoms with Crippen molar-refractivity contribution in [3.63, 3.8) is 0 Å². The first-order chi connectivity index (χ1) is 12.7. The molecular weight excluding hydrogens is 362 g/mol. The third kappa shape index (κ3) is 7.29. The SMILES string of the molecule is COc1ccc(CCC(=S)CCCC(=O)N(C)[C@H](C(=O)O)C(C)C)c(C)c1. The molecule has 1 aromatic rings. The van der Waals surface area contributed by atoms with Crippen LogP contribution in [0.3, 0.4) is 0 Å². The lowest BCUT2D eigenvalue weighted by Gasteiger charge is -2.27. The summed E-state index contributed by atoms with van der Waals surface area (Å²) >= 11 is 5.45. The number of aliphatic carboxylic acids is 1. The summed E-state index contributed by atoms with van der Waals surface area (Å²) in [6, 6.07) is 5.24. The fraction of sp³-hybridized carbons (Fsp3) is 0.571. The Kier molecular flexibility index (Phi) is 9.43. The molecule has 1 N–H and O–H groups in total. The molecule has 0 aliphatic rings. The molecule has 0 aliphatic carbocycles. The topological polar surface area (TPSA) is 66.8 Å². The summed E-state index contributed by atoms with van der Waals surface area (Å²) in [4.78, 5) is 25.9. The molecule has 0 aromatic heterocycles. The lowest BCUT2D eigenvalue weighted by atomic mass is 10.0. The zero-order valence-electron chi connectivity index (χ0n) is 16.9. The molecule has 0 spiro atoms. The highest BCUT2D eigenvalue weighted by Crippen LogP contribution is 2.19. The van der Waals surface area contributed by atoms with Crippen LogP contribution in [-0.4, -0.2) is 46.9 Å². The van der Waals surface area contributed by atoms with Gasteiger partial charge in [0.25, 0.3) is 0 Å². The Bertz CT molecular complexity index is 672. The molecule has 0 heterocycles. The van der Waals surface area contributed by atoms with E-state index in [0.29, 0.717) is 19.3 Å². The van der Waals surface area contributed by atoms with Crippen LogP contribution in [0.15, 0.2) is 18.2 Å². The van der Waals surface area contributed by atoms with Crippen LogP contribution < -0.4 is 4.74 Å². The Labute approximate surface area is 167 Å². The molecule has 1 rings (SSSR count). The highest BCUT2D eigenvalue weighted by atomic mass is 32.1. The van der Waals surface area contributed by atoms with Crippen molar-refractivity contribution in [1.82, 2.24) is 4.90 Å². The zero-order valence-corrected chi connectivity index (χ0v) is 17.8. The molecule has 0 unspecified atom stereocenters. The molecule has 27 heavy (non-hydrogen) atoms. The van der Waals surface area contributed by atoms with Gasteiger partial charge in [0.15, 0.2) is 0 Å². The predicted molar refractivity (Wildman–Crippen MR) is 112 cm³/mol. The van der Waals surface area contributed by atoms with Crippen LogP contribution in [0.1, 0.15) is 50.7 Å². The van der Waals surface area contributed by atoms with Gasteiger partial charge in [-0.25, -0.2) is 4.79 Å². The first-order valence-corrected chi connectivity index (χ1v) is 9.71. The Balaban J connectivity index is 2.42. The number of amides is 1. The van der Waals surface area contributed by atoms with Gasteiger partial charge in [-0.1, -0.05) is 32.1 Å². The van der Waals surface area contributed by atoms with E-state index in [1.54, 1.807) is 28.0 Å². The van der Waals surface area contributed by atoms with Gasteiger partial charge in [-0.2, -0.15) is 0 Å².